The van der Waals surface area contributed by atoms with Crippen LogP contribution in [0.3, 0.4) is 0 Å². The minimum atomic E-state index is 0.657. The molecule has 0 atom stereocenters. The summed E-state index contributed by atoms with van der Waals surface area (Å²) in [5.74, 6) is 0. The molecule has 1 aliphatic rings. The number of hydrogen-bond donors (Lipinski definition) is 2. The molecule has 0 unspecified atom stereocenters. The third kappa shape index (κ3) is 1.82. The third-order valence-electron chi connectivity index (χ3n) is 0.525. The second-order valence-corrected chi connectivity index (χ2v) is 1.62. The molecule has 1 rings (SSSR count). The highest BCUT2D eigenvalue weighted by atomic mass is 32.2. The second-order valence-electron chi connectivity index (χ2n) is 1.02. The molecule has 2 N–H and O–H groups in total. The minimum Gasteiger partial charge on any atom is -0.318 e. The lowest BCUT2D eigenvalue weighted by molar-refractivity contribution is 0.427. The average Bonchev–Trinajstić information content (AvgIpc) is 1.90. The molecule has 4 heteroatoms. The van der Waals surface area contributed by atoms with Crippen LogP contribution in [0.25, 0.3) is 0 Å². The van der Waals surface area contributed by atoms with E-state index in [1.807, 2.05) is 6.08 Å². The Balaban J connectivity index is 2.20. The third-order valence-corrected chi connectivity index (χ3v) is 0.980. The van der Waals surface area contributed by atoms with Crippen molar-refractivity contribution in [2.75, 3.05) is 6.61 Å². The lowest BCUT2D eigenvalue weighted by Crippen LogP contribution is -2.16. The van der Waals surface area contributed by atoms with Gasteiger partial charge < -0.3 is 5.43 Å². The molecular formula is C3H6N2OS. The summed E-state index contributed by atoms with van der Waals surface area (Å²) in [6, 6.07) is 0. The van der Waals surface area contributed by atoms with Gasteiger partial charge in [-0.2, -0.15) is 4.83 Å². The van der Waals surface area contributed by atoms with Crippen LogP contribution < -0.4 is 10.3 Å². The van der Waals surface area contributed by atoms with Gasteiger partial charge >= 0.3 is 0 Å². The Morgan fingerprint density at radius 2 is 2.71 bits per heavy atom. The van der Waals surface area contributed by atoms with Crippen molar-refractivity contribution in [3.63, 3.8) is 0 Å². The SMILES string of the molecule is C1=CNNSOC1. The normalized spacial score (nSPS) is 20.6. The molecule has 0 amide bonds. The van der Waals surface area contributed by atoms with Gasteiger partial charge in [0, 0.05) is 6.20 Å². The maximum absolute atomic E-state index is 4.85. The Hall–Kier alpha value is -0.190. The van der Waals surface area contributed by atoms with Gasteiger partial charge in [-0.25, -0.2) is 0 Å². The van der Waals surface area contributed by atoms with Gasteiger partial charge in [-0.15, -0.1) is 0 Å². The lowest BCUT2D eigenvalue weighted by atomic mass is 10.7. The zero-order valence-electron chi connectivity index (χ0n) is 3.68. The highest BCUT2D eigenvalue weighted by Crippen LogP contribution is 1.95. The Kier molecular flexibility index (Phi) is 2.05. The highest BCUT2D eigenvalue weighted by molar-refractivity contribution is 7.92. The van der Waals surface area contributed by atoms with E-state index in [1.54, 1.807) is 6.20 Å². The first-order valence-corrected chi connectivity index (χ1v) is 2.68. The first kappa shape index (κ1) is 4.96. The number of hydrazine groups is 1. The lowest BCUT2D eigenvalue weighted by Gasteiger charge is -1.93. The summed E-state index contributed by atoms with van der Waals surface area (Å²) in [6.07, 6.45) is 3.67. The molecule has 0 saturated carbocycles. The van der Waals surface area contributed by atoms with E-state index < -0.39 is 0 Å². The monoisotopic (exact) mass is 118 g/mol. The van der Waals surface area contributed by atoms with Crippen molar-refractivity contribution in [2.45, 2.75) is 0 Å². The van der Waals surface area contributed by atoms with Gasteiger partial charge in [-0.1, -0.05) is 0 Å². The van der Waals surface area contributed by atoms with E-state index in [9.17, 15) is 0 Å². The predicted molar refractivity (Wildman–Crippen MR) is 29.0 cm³/mol. The average molecular weight is 118 g/mol. The number of hydrogen-bond acceptors (Lipinski definition) is 4. The fraction of sp³-hybridized carbons (Fsp3) is 0.333. The van der Waals surface area contributed by atoms with Crippen molar-refractivity contribution in [1.82, 2.24) is 10.3 Å². The van der Waals surface area contributed by atoms with Crippen molar-refractivity contribution >= 4 is 12.2 Å². The van der Waals surface area contributed by atoms with Gasteiger partial charge in [-0.05, 0) is 6.08 Å². The zero-order valence-corrected chi connectivity index (χ0v) is 4.49. The van der Waals surface area contributed by atoms with E-state index in [2.05, 4.69) is 10.3 Å². The molecule has 40 valence electrons. The Bertz CT molecular complexity index is 67.3. The van der Waals surface area contributed by atoms with Crippen LogP contribution in [0.5, 0.6) is 0 Å². The van der Waals surface area contributed by atoms with E-state index in [0.29, 0.717) is 6.61 Å². The van der Waals surface area contributed by atoms with Crippen LogP contribution in [0.15, 0.2) is 12.3 Å². The maximum Gasteiger partial charge on any atom is 0.0995 e. The molecule has 1 heterocycles. The molecule has 0 aromatic carbocycles. The van der Waals surface area contributed by atoms with E-state index in [-0.39, 0.29) is 0 Å². The predicted octanol–water partition coefficient (Wildman–Crippen LogP) is 0.188. The van der Waals surface area contributed by atoms with E-state index in [4.69, 9.17) is 4.18 Å². The van der Waals surface area contributed by atoms with Gasteiger partial charge in [-0.3, -0.25) is 4.18 Å². The van der Waals surface area contributed by atoms with Crippen LogP contribution in [0.1, 0.15) is 0 Å². The van der Waals surface area contributed by atoms with Gasteiger partial charge in [0.05, 0.1) is 18.8 Å². The molecule has 0 bridgehead atoms. The summed E-state index contributed by atoms with van der Waals surface area (Å²) in [7, 11) is 0. The maximum atomic E-state index is 4.85. The van der Waals surface area contributed by atoms with E-state index in [1.165, 1.54) is 12.2 Å². The fourth-order valence-corrected chi connectivity index (χ4v) is 0.590. The standard InChI is InChI=1S/C3H6N2OS/c1-2-4-5-7-6-3-1/h1-2,4-5H,3H2. The zero-order chi connectivity index (χ0) is 4.95. The Morgan fingerprint density at radius 1 is 1.71 bits per heavy atom. The molecule has 7 heavy (non-hydrogen) atoms. The van der Waals surface area contributed by atoms with Crippen molar-refractivity contribution in [2.24, 2.45) is 0 Å². The van der Waals surface area contributed by atoms with Crippen molar-refractivity contribution < 1.29 is 4.18 Å². The minimum absolute atomic E-state index is 0.657. The van der Waals surface area contributed by atoms with Crippen LogP contribution in [-0.4, -0.2) is 6.61 Å². The Morgan fingerprint density at radius 3 is 3.71 bits per heavy atom. The molecular weight excluding hydrogens is 112 g/mol. The summed E-state index contributed by atoms with van der Waals surface area (Å²) >= 11 is 1.19. The summed E-state index contributed by atoms with van der Waals surface area (Å²) in [5, 5.41) is 0. The molecule has 0 radical (unpaired) electrons. The molecule has 0 aromatic rings. The first-order valence-electron chi connectivity index (χ1n) is 1.94. The summed E-state index contributed by atoms with van der Waals surface area (Å²) in [6.45, 7) is 0.657. The molecule has 1 aliphatic heterocycles. The van der Waals surface area contributed by atoms with Crippen LogP contribution in [0, 0.1) is 0 Å². The second kappa shape index (κ2) is 2.90. The summed E-state index contributed by atoms with van der Waals surface area (Å²) in [4.78, 5) is 2.70. The Labute approximate surface area is 46.4 Å². The fourth-order valence-electron chi connectivity index (χ4n) is 0.268. The number of nitrogens with one attached hydrogen (secondary N) is 2. The smallest absolute Gasteiger partial charge is 0.0995 e. The van der Waals surface area contributed by atoms with Crippen molar-refractivity contribution in [3.05, 3.63) is 12.3 Å². The van der Waals surface area contributed by atoms with Crippen LogP contribution in [-0.2, 0) is 4.18 Å². The highest BCUT2D eigenvalue weighted by Gasteiger charge is 1.85. The van der Waals surface area contributed by atoms with Crippen LogP contribution in [0.2, 0.25) is 0 Å². The van der Waals surface area contributed by atoms with Crippen molar-refractivity contribution in [3.8, 4) is 0 Å². The van der Waals surface area contributed by atoms with E-state index in [0.717, 1.165) is 0 Å². The van der Waals surface area contributed by atoms with Gasteiger partial charge in [0.15, 0.2) is 0 Å². The quantitative estimate of drug-likeness (QED) is 0.351. The van der Waals surface area contributed by atoms with Gasteiger partial charge in [0.1, 0.15) is 0 Å². The topological polar surface area (TPSA) is 33.3 Å². The summed E-state index contributed by atoms with van der Waals surface area (Å²) in [5.41, 5.74) is 2.75. The van der Waals surface area contributed by atoms with Crippen molar-refractivity contribution in [1.29, 1.82) is 0 Å². The van der Waals surface area contributed by atoms with Crippen LogP contribution >= 0.6 is 12.2 Å². The molecule has 0 fully saturated rings. The van der Waals surface area contributed by atoms with Gasteiger partial charge in [0.2, 0.25) is 0 Å². The summed E-state index contributed by atoms with van der Waals surface area (Å²) < 4.78 is 4.85. The first-order chi connectivity index (χ1) is 3.50. The molecule has 0 aliphatic carbocycles. The molecule has 3 nitrogen and oxygen atoms in total. The van der Waals surface area contributed by atoms with E-state index >= 15 is 0 Å². The van der Waals surface area contributed by atoms with Crippen LogP contribution in [0.4, 0.5) is 0 Å². The molecule has 0 saturated heterocycles. The molecule has 0 spiro atoms. The van der Waals surface area contributed by atoms with Gasteiger partial charge in [0.25, 0.3) is 0 Å². The molecule has 0 aromatic heterocycles. The largest absolute Gasteiger partial charge is 0.318 e. The number of rotatable bonds is 0.